The van der Waals surface area contributed by atoms with Crippen LogP contribution in [-0.4, -0.2) is 39.1 Å². The van der Waals surface area contributed by atoms with Crippen LogP contribution >= 0.6 is 31.9 Å². The van der Waals surface area contributed by atoms with E-state index in [0.717, 1.165) is 28.0 Å². The summed E-state index contributed by atoms with van der Waals surface area (Å²) in [6, 6.07) is 3.98. The summed E-state index contributed by atoms with van der Waals surface area (Å²) in [4.78, 5) is 0.0503. The first-order valence-electron chi connectivity index (χ1n) is 6.68. The van der Waals surface area contributed by atoms with E-state index in [4.69, 9.17) is 18.9 Å². The van der Waals surface area contributed by atoms with Crippen LogP contribution in [0, 0.1) is 0 Å². The summed E-state index contributed by atoms with van der Waals surface area (Å²) >= 11 is 7.32. The van der Waals surface area contributed by atoms with E-state index < -0.39 is 0 Å². The Kier molecular flexibility index (Phi) is 4.86. The summed E-state index contributed by atoms with van der Waals surface area (Å²) in [6.45, 7) is 3.27. The largest absolute Gasteiger partial charge is 0.490 e. The highest BCUT2D eigenvalue weighted by Crippen LogP contribution is 2.41. The normalized spacial score (nSPS) is 24.0. The molecule has 2 unspecified atom stereocenters. The molecule has 2 aliphatic rings. The average Bonchev–Trinajstić information content (AvgIpc) is 2.71. The van der Waals surface area contributed by atoms with E-state index >= 15 is 0 Å². The third-order valence-corrected chi connectivity index (χ3v) is 5.10. The van der Waals surface area contributed by atoms with Gasteiger partial charge < -0.3 is 18.9 Å². The van der Waals surface area contributed by atoms with Crippen LogP contribution < -0.4 is 9.47 Å². The summed E-state index contributed by atoms with van der Waals surface area (Å²) in [5.74, 6) is 1.58. The van der Waals surface area contributed by atoms with Crippen LogP contribution in [0.4, 0.5) is 0 Å². The third kappa shape index (κ3) is 3.13. The van der Waals surface area contributed by atoms with Crippen molar-refractivity contribution in [3.8, 4) is 11.5 Å². The fourth-order valence-electron chi connectivity index (χ4n) is 2.29. The monoisotopic (exact) mass is 406 g/mol. The van der Waals surface area contributed by atoms with Gasteiger partial charge in [0.25, 0.3) is 0 Å². The number of ether oxygens (including phenoxy) is 4. The maximum atomic E-state index is 5.75. The minimum atomic E-state index is 0.00444. The molecule has 2 aliphatic heterocycles. The Balaban J connectivity index is 1.86. The van der Waals surface area contributed by atoms with Gasteiger partial charge in [-0.25, -0.2) is 0 Å². The SMILES string of the molecule is Brc1cc2c(cc1C(Br)C1COCCO1)OCCCO2. The molecule has 2 heterocycles. The van der Waals surface area contributed by atoms with Gasteiger partial charge in [0.1, 0.15) is 0 Å². The van der Waals surface area contributed by atoms with Gasteiger partial charge in [0, 0.05) is 10.9 Å². The maximum Gasteiger partial charge on any atom is 0.162 e. The summed E-state index contributed by atoms with van der Waals surface area (Å²) in [5.41, 5.74) is 1.09. The topological polar surface area (TPSA) is 36.9 Å². The molecule has 1 fully saturated rings. The zero-order valence-corrected chi connectivity index (χ0v) is 14.1. The summed E-state index contributed by atoms with van der Waals surface area (Å²) in [5, 5.41) is 0. The van der Waals surface area contributed by atoms with E-state index in [1.807, 2.05) is 12.1 Å². The number of hydrogen-bond acceptors (Lipinski definition) is 4. The molecule has 1 aromatic carbocycles. The fourth-order valence-corrected chi connectivity index (χ4v) is 3.85. The van der Waals surface area contributed by atoms with Gasteiger partial charge in [0.15, 0.2) is 11.5 Å². The smallest absolute Gasteiger partial charge is 0.162 e. The van der Waals surface area contributed by atoms with Crippen LogP contribution in [-0.2, 0) is 9.47 Å². The van der Waals surface area contributed by atoms with Crippen molar-refractivity contribution in [3.63, 3.8) is 0 Å². The molecule has 0 spiro atoms. The van der Waals surface area contributed by atoms with Crippen LogP contribution in [0.1, 0.15) is 16.8 Å². The van der Waals surface area contributed by atoms with E-state index in [-0.39, 0.29) is 10.9 Å². The van der Waals surface area contributed by atoms with Gasteiger partial charge in [-0.15, -0.1) is 0 Å². The first kappa shape index (κ1) is 14.6. The molecule has 0 aliphatic carbocycles. The predicted octanol–water partition coefficient (Wildman–Crippen LogP) is 3.46. The molecule has 1 aromatic rings. The lowest BCUT2D eigenvalue weighted by Crippen LogP contribution is -2.31. The highest BCUT2D eigenvalue weighted by Gasteiger charge is 2.27. The van der Waals surface area contributed by atoms with Gasteiger partial charge in [-0.05, 0) is 17.7 Å². The lowest BCUT2D eigenvalue weighted by Gasteiger charge is -2.28. The Bertz CT molecular complexity index is 474. The highest BCUT2D eigenvalue weighted by molar-refractivity contribution is 9.11. The van der Waals surface area contributed by atoms with E-state index in [1.165, 1.54) is 0 Å². The highest BCUT2D eigenvalue weighted by atomic mass is 79.9. The molecular formula is C14H16Br2O4. The summed E-state index contributed by atoms with van der Waals surface area (Å²) in [7, 11) is 0. The standard InChI is InChI=1S/C14H16Br2O4/c15-10-7-12-11(18-2-1-3-19-12)6-9(10)14(16)13-8-17-4-5-20-13/h6-7,13-14H,1-5,8H2. The zero-order chi connectivity index (χ0) is 13.9. The van der Waals surface area contributed by atoms with E-state index in [0.29, 0.717) is 33.0 Å². The molecule has 0 aromatic heterocycles. The number of hydrogen-bond donors (Lipinski definition) is 0. The third-order valence-electron chi connectivity index (χ3n) is 3.33. The molecular weight excluding hydrogens is 392 g/mol. The van der Waals surface area contributed by atoms with E-state index in [1.54, 1.807) is 0 Å². The molecule has 2 atom stereocenters. The van der Waals surface area contributed by atoms with Crippen molar-refractivity contribution in [1.82, 2.24) is 0 Å². The van der Waals surface area contributed by atoms with Crippen LogP contribution in [0.5, 0.6) is 11.5 Å². The molecule has 4 nitrogen and oxygen atoms in total. The minimum absolute atomic E-state index is 0.00444. The number of fused-ring (bicyclic) bond motifs is 1. The van der Waals surface area contributed by atoms with Gasteiger partial charge >= 0.3 is 0 Å². The molecule has 1 saturated heterocycles. The Morgan fingerprint density at radius 3 is 2.50 bits per heavy atom. The van der Waals surface area contributed by atoms with Crippen molar-refractivity contribution in [2.45, 2.75) is 17.4 Å². The van der Waals surface area contributed by atoms with Gasteiger partial charge in [0.2, 0.25) is 0 Å². The van der Waals surface area contributed by atoms with E-state index in [2.05, 4.69) is 31.9 Å². The summed E-state index contributed by atoms with van der Waals surface area (Å²) < 4.78 is 23.6. The Labute approximate surface area is 135 Å². The molecule has 110 valence electrons. The lowest BCUT2D eigenvalue weighted by atomic mass is 10.1. The van der Waals surface area contributed by atoms with Crippen molar-refractivity contribution >= 4 is 31.9 Å². The molecule has 3 rings (SSSR count). The molecule has 0 bridgehead atoms. The molecule has 0 radical (unpaired) electrons. The van der Waals surface area contributed by atoms with Gasteiger partial charge in [0.05, 0.1) is 44.0 Å². The van der Waals surface area contributed by atoms with E-state index in [9.17, 15) is 0 Å². The average molecular weight is 408 g/mol. The first-order valence-corrected chi connectivity index (χ1v) is 8.39. The Morgan fingerprint density at radius 2 is 1.80 bits per heavy atom. The molecule has 0 saturated carbocycles. The van der Waals surface area contributed by atoms with Crippen LogP contribution in [0.15, 0.2) is 16.6 Å². The number of benzene rings is 1. The fraction of sp³-hybridized carbons (Fsp3) is 0.571. The number of halogens is 2. The summed E-state index contributed by atoms with van der Waals surface area (Å²) in [6.07, 6.45) is 0.906. The van der Waals surface area contributed by atoms with Crippen molar-refractivity contribution in [2.24, 2.45) is 0 Å². The quantitative estimate of drug-likeness (QED) is 0.703. The van der Waals surface area contributed by atoms with Crippen LogP contribution in [0.3, 0.4) is 0 Å². The molecule has 0 amide bonds. The second-order valence-corrected chi connectivity index (χ2v) is 6.60. The van der Waals surface area contributed by atoms with Crippen molar-refractivity contribution in [1.29, 1.82) is 0 Å². The maximum absolute atomic E-state index is 5.75. The number of alkyl halides is 1. The minimum Gasteiger partial charge on any atom is -0.490 e. The zero-order valence-electron chi connectivity index (χ0n) is 10.9. The van der Waals surface area contributed by atoms with Crippen molar-refractivity contribution < 1.29 is 18.9 Å². The molecule has 20 heavy (non-hydrogen) atoms. The van der Waals surface area contributed by atoms with Crippen molar-refractivity contribution in [3.05, 3.63) is 22.2 Å². The van der Waals surface area contributed by atoms with Crippen molar-refractivity contribution in [2.75, 3.05) is 33.0 Å². The lowest BCUT2D eigenvalue weighted by molar-refractivity contribution is -0.0877. The first-order chi connectivity index (χ1) is 9.75. The molecule has 0 N–H and O–H groups in total. The second kappa shape index (κ2) is 6.64. The van der Waals surface area contributed by atoms with Gasteiger partial charge in [-0.2, -0.15) is 0 Å². The number of rotatable bonds is 2. The second-order valence-electron chi connectivity index (χ2n) is 4.76. The van der Waals surface area contributed by atoms with Crippen LogP contribution in [0.25, 0.3) is 0 Å². The van der Waals surface area contributed by atoms with Crippen LogP contribution in [0.2, 0.25) is 0 Å². The predicted molar refractivity (Wildman–Crippen MR) is 82.0 cm³/mol. The Morgan fingerprint density at radius 1 is 1.05 bits per heavy atom. The van der Waals surface area contributed by atoms with Gasteiger partial charge in [-0.1, -0.05) is 31.9 Å². The molecule has 6 heteroatoms. The van der Waals surface area contributed by atoms with Gasteiger partial charge in [-0.3, -0.25) is 0 Å². The Hall–Kier alpha value is -0.300.